The maximum absolute atomic E-state index is 13.8. The number of benzene rings is 2. The van der Waals surface area contributed by atoms with E-state index < -0.39 is 22.1 Å². The minimum Gasteiger partial charge on any atom is -0.265 e. The number of rotatable bonds is 5. The number of hydrogen-bond acceptors (Lipinski definition) is 6. The summed E-state index contributed by atoms with van der Waals surface area (Å²) in [5.74, 6) is 0. The molecule has 0 saturated carbocycles. The predicted octanol–water partition coefficient (Wildman–Crippen LogP) is 9.76. The number of halogens is 6. The van der Waals surface area contributed by atoms with E-state index in [4.69, 9.17) is 0 Å². The van der Waals surface area contributed by atoms with Gasteiger partial charge in [0, 0.05) is 47.0 Å². The molecule has 0 radical (unpaired) electrons. The van der Waals surface area contributed by atoms with E-state index in [9.17, 15) is 26.3 Å². The molecule has 0 N–H and O–H groups in total. The topological polar surface area (TPSA) is 51.6 Å². The van der Waals surface area contributed by atoms with Gasteiger partial charge in [-0.3, -0.25) is 9.97 Å². The summed E-state index contributed by atoms with van der Waals surface area (Å²) in [5.41, 5.74) is 2.97. The van der Waals surface area contributed by atoms with Crippen molar-refractivity contribution in [2.45, 2.75) is 12.4 Å². The maximum Gasteiger partial charge on any atom is 0.427 e. The van der Waals surface area contributed by atoms with Crippen LogP contribution in [0.1, 0.15) is 9.75 Å². The van der Waals surface area contributed by atoms with Gasteiger partial charge >= 0.3 is 12.4 Å². The number of pyridine rings is 2. The zero-order chi connectivity index (χ0) is 29.5. The monoisotopic (exact) mass is 610 g/mol. The minimum absolute atomic E-state index is 0.146. The van der Waals surface area contributed by atoms with Crippen LogP contribution in [0.25, 0.3) is 54.8 Å². The van der Waals surface area contributed by atoms with Gasteiger partial charge in [-0.05, 0) is 35.4 Å². The molecule has 210 valence electrons. The second-order valence-corrected chi connectivity index (χ2v) is 11.0. The van der Waals surface area contributed by atoms with Crippen LogP contribution in [0.5, 0.6) is 0 Å². The summed E-state index contributed by atoms with van der Waals surface area (Å²) in [5, 5.41) is 0.454. The Kier molecular flexibility index (Phi) is 7.11. The largest absolute Gasteiger partial charge is 0.427 e. The van der Waals surface area contributed by atoms with E-state index in [2.05, 4.69) is 19.9 Å². The summed E-state index contributed by atoms with van der Waals surface area (Å²) in [6, 6.07) is 19.7. The van der Waals surface area contributed by atoms with E-state index in [1.807, 2.05) is 0 Å². The van der Waals surface area contributed by atoms with Gasteiger partial charge < -0.3 is 0 Å². The third-order valence-corrected chi connectivity index (χ3v) is 8.57. The number of aromatic nitrogens is 4. The van der Waals surface area contributed by atoms with Crippen LogP contribution in [0, 0.1) is 0 Å². The summed E-state index contributed by atoms with van der Waals surface area (Å²) < 4.78 is 82.6. The smallest absolute Gasteiger partial charge is 0.265 e. The van der Waals surface area contributed by atoms with Crippen molar-refractivity contribution in [1.82, 2.24) is 19.9 Å². The normalized spacial score (nSPS) is 12.0. The summed E-state index contributed by atoms with van der Waals surface area (Å²) in [4.78, 5) is 14.7. The first-order chi connectivity index (χ1) is 20.1. The molecule has 0 aliphatic rings. The van der Waals surface area contributed by atoms with Crippen molar-refractivity contribution in [3.63, 3.8) is 0 Å². The molecule has 4 aromatic heterocycles. The Balaban J connectivity index is 1.28. The lowest BCUT2D eigenvalue weighted by Gasteiger charge is -2.05. The lowest BCUT2D eigenvalue weighted by molar-refractivity contribution is -0.134. The Hall–Kier alpha value is -4.42. The second-order valence-electron chi connectivity index (χ2n) is 9.02. The minimum atomic E-state index is -4.56. The summed E-state index contributed by atoms with van der Waals surface area (Å²) in [6.07, 6.45) is -3.46. The van der Waals surface area contributed by atoms with Crippen molar-refractivity contribution in [2.24, 2.45) is 0 Å². The number of alkyl halides is 6. The Morgan fingerprint density at radius 3 is 1.02 bits per heavy atom. The van der Waals surface area contributed by atoms with Gasteiger partial charge in [-0.1, -0.05) is 48.5 Å². The Morgan fingerprint density at radius 1 is 0.405 bits per heavy atom. The van der Waals surface area contributed by atoms with Crippen LogP contribution >= 0.6 is 22.7 Å². The third-order valence-electron chi connectivity index (χ3n) is 6.27. The molecule has 2 aromatic carbocycles. The van der Waals surface area contributed by atoms with E-state index in [1.54, 1.807) is 48.5 Å². The van der Waals surface area contributed by atoms with E-state index >= 15 is 0 Å². The van der Waals surface area contributed by atoms with Crippen molar-refractivity contribution in [3.05, 3.63) is 107 Å². The molecule has 0 aliphatic heterocycles. The molecule has 6 aromatic rings. The average molecular weight is 611 g/mol. The standard InChI is InChI=1S/C30H16F6N4S2/c31-29(32,33)25-23(19-9-13-37-14-10-19)39-27(41-25)21-5-1-17(2-6-21)18-3-7-22(8-4-18)28-40-24(20-11-15-38-16-12-20)26(42-28)30(34,35)36/h1-16H. The molecule has 0 unspecified atom stereocenters. The van der Waals surface area contributed by atoms with Gasteiger partial charge in [-0.25, -0.2) is 9.97 Å². The van der Waals surface area contributed by atoms with Crippen molar-refractivity contribution >= 4 is 22.7 Å². The predicted molar refractivity (Wildman–Crippen MR) is 151 cm³/mol. The zero-order valence-corrected chi connectivity index (χ0v) is 22.7. The van der Waals surface area contributed by atoms with E-state index in [1.165, 1.54) is 49.1 Å². The quantitative estimate of drug-likeness (QED) is 0.182. The number of hydrogen-bond donors (Lipinski definition) is 0. The zero-order valence-electron chi connectivity index (χ0n) is 21.1. The van der Waals surface area contributed by atoms with Gasteiger partial charge in [0.1, 0.15) is 19.8 Å². The van der Waals surface area contributed by atoms with Crippen molar-refractivity contribution in [1.29, 1.82) is 0 Å². The first-order valence-corrected chi connectivity index (χ1v) is 13.9. The highest BCUT2D eigenvalue weighted by Crippen LogP contribution is 2.45. The summed E-state index contributed by atoms with van der Waals surface area (Å²) in [7, 11) is 0. The van der Waals surface area contributed by atoms with Crippen LogP contribution in [0.3, 0.4) is 0 Å². The highest BCUT2D eigenvalue weighted by atomic mass is 32.1. The van der Waals surface area contributed by atoms with Crippen molar-refractivity contribution in [3.8, 4) is 54.8 Å². The van der Waals surface area contributed by atoms with Crippen LogP contribution in [0.15, 0.2) is 97.6 Å². The fraction of sp³-hybridized carbons (Fsp3) is 0.0667. The van der Waals surface area contributed by atoms with Gasteiger partial charge in [-0.15, -0.1) is 22.7 Å². The van der Waals surface area contributed by atoms with Crippen molar-refractivity contribution in [2.75, 3.05) is 0 Å². The van der Waals surface area contributed by atoms with Crippen LogP contribution in [-0.2, 0) is 12.4 Å². The lowest BCUT2D eigenvalue weighted by atomic mass is 10.0. The summed E-state index contributed by atoms with van der Waals surface area (Å²) >= 11 is 1.15. The molecule has 4 heterocycles. The molecule has 42 heavy (non-hydrogen) atoms. The van der Waals surface area contributed by atoms with E-state index in [0.29, 0.717) is 44.9 Å². The third kappa shape index (κ3) is 5.55. The highest BCUT2D eigenvalue weighted by Gasteiger charge is 2.38. The van der Waals surface area contributed by atoms with Crippen molar-refractivity contribution < 1.29 is 26.3 Å². The molecule has 0 saturated heterocycles. The fourth-order valence-corrected chi connectivity index (χ4v) is 6.21. The van der Waals surface area contributed by atoms with Crippen LogP contribution in [0.4, 0.5) is 26.3 Å². The first-order valence-electron chi connectivity index (χ1n) is 12.3. The number of thiazole rings is 2. The molecule has 0 spiro atoms. The Bertz CT molecular complexity index is 1690. The van der Waals surface area contributed by atoms with Gasteiger partial charge in [0.2, 0.25) is 0 Å². The Morgan fingerprint density at radius 2 is 0.714 bits per heavy atom. The summed E-state index contributed by atoms with van der Waals surface area (Å²) in [6.45, 7) is 0. The molecule has 4 nitrogen and oxygen atoms in total. The second kappa shape index (κ2) is 10.8. The molecule has 0 atom stereocenters. The average Bonchev–Trinajstić information content (AvgIpc) is 3.65. The first kappa shape index (κ1) is 27.7. The van der Waals surface area contributed by atoms with Gasteiger partial charge in [-0.2, -0.15) is 26.3 Å². The maximum atomic E-state index is 13.8. The molecule has 0 amide bonds. The van der Waals surface area contributed by atoms with Gasteiger partial charge in [0.25, 0.3) is 0 Å². The Labute approximate surface area is 243 Å². The number of nitrogens with zero attached hydrogens (tertiary/aromatic N) is 4. The molecule has 0 aliphatic carbocycles. The van der Waals surface area contributed by atoms with E-state index in [-0.39, 0.29) is 21.4 Å². The van der Waals surface area contributed by atoms with Gasteiger partial charge in [0.05, 0.1) is 11.4 Å². The molecule has 6 rings (SSSR count). The SMILES string of the molecule is FC(F)(F)c1sc(-c2ccc(-c3ccc(-c4nc(-c5ccncc5)c(C(F)(F)F)s4)cc3)cc2)nc1-c1ccncc1. The van der Waals surface area contributed by atoms with Crippen LogP contribution in [-0.4, -0.2) is 19.9 Å². The van der Waals surface area contributed by atoms with Gasteiger partial charge in [0.15, 0.2) is 0 Å². The van der Waals surface area contributed by atoms with Crippen LogP contribution in [0.2, 0.25) is 0 Å². The van der Waals surface area contributed by atoms with Crippen LogP contribution < -0.4 is 0 Å². The fourth-order valence-electron chi connectivity index (χ4n) is 4.29. The molecule has 0 bridgehead atoms. The molecular formula is C30H16F6N4S2. The molecule has 12 heteroatoms. The molecule has 0 fully saturated rings. The van der Waals surface area contributed by atoms with E-state index in [0.717, 1.165) is 11.1 Å². The highest BCUT2D eigenvalue weighted by molar-refractivity contribution is 7.16. The lowest BCUT2D eigenvalue weighted by Crippen LogP contribution is -2.03. The molecular weight excluding hydrogens is 594 g/mol.